The van der Waals surface area contributed by atoms with E-state index in [0.29, 0.717) is 29.8 Å². The number of piperazine rings is 1. The molecule has 0 amide bonds. The Labute approximate surface area is 178 Å². The number of nitrogens with zero attached hydrogens (tertiary/aromatic N) is 2. The average molecular weight is 410 g/mol. The summed E-state index contributed by atoms with van der Waals surface area (Å²) < 4.78 is 11.2. The van der Waals surface area contributed by atoms with Crippen LogP contribution in [0.15, 0.2) is 54.9 Å². The lowest BCUT2D eigenvalue weighted by Gasteiger charge is -2.37. The SMILES string of the molecule is C=C1Nc2ccc(OC[C@@H](O)CN3CCN(c4ccc(C(C)C)cc4)CC3)cc2O1. The molecule has 2 aromatic carbocycles. The smallest absolute Gasteiger partial charge is 0.190 e. The molecule has 30 heavy (non-hydrogen) atoms. The van der Waals surface area contributed by atoms with E-state index in [2.05, 4.69) is 59.8 Å². The van der Waals surface area contributed by atoms with E-state index >= 15 is 0 Å². The van der Waals surface area contributed by atoms with Crippen LogP contribution in [0.3, 0.4) is 0 Å². The Morgan fingerprint density at radius 1 is 1.10 bits per heavy atom. The first-order valence-corrected chi connectivity index (χ1v) is 10.6. The third kappa shape index (κ3) is 4.89. The molecule has 0 unspecified atom stereocenters. The lowest BCUT2D eigenvalue weighted by atomic mass is 10.0. The van der Waals surface area contributed by atoms with Crippen molar-refractivity contribution in [3.8, 4) is 11.5 Å². The molecule has 6 heteroatoms. The molecule has 1 fully saturated rings. The zero-order valence-corrected chi connectivity index (χ0v) is 17.8. The molecule has 2 heterocycles. The fourth-order valence-corrected chi connectivity index (χ4v) is 3.89. The molecule has 1 atom stereocenters. The van der Waals surface area contributed by atoms with E-state index in [1.54, 1.807) is 0 Å². The second-order valence-electron chi connectivity index (χ2n) is 8.31. The number of β-amino-alcohol motifs (C(OH)–C–C–N with tert-alkyl or cyclic N) is 1. The van der Waals surface area contributed by atoms with Crippen molar-refractivity contribution in [1.82, 2.24) is 4.90 Å². The van der Waals surface area contributed by atoms with Gasteiger partial charge in [-0.2, -0.15) is 0 Å². The van der Waals surface area contributed by atoms with Gasteiger partial charge in [0.2, 0.25) is 0 Å². The molecule has 0 aliphatic carbocycles. The summed E-state index contributed by atoms with van der Waals surface area (Å²) in [6, 6.07) is 14.5. The minimum absolute atomic E-state index is 0.254. The Balaban J connectivity index is 1.21. The third-order valence-electron chi connectivity index (χ3n) is 5.67. The molecule has 6 nitrogen and oxygen atoms in total. The van der Waals surface area contributed by atoms with Crippen LogP contribution in [0.4, 0.5) is 11.4 Å². The highest BCUT2D eigenvalue weighted by molar-refractivity contribution is 5.65. The van der Waals surface area contributed by atoms with Crippen molar-refractivity contribution in [3.63, 3.8) is 0 Å². The summed E-state index contributed by atoms with van der Waals surface area (Å²) in [6.07, 6.45) is -0.538. The van der Waals surface area contributed by atoms with Crippen LogP contribution in [0, 0.1) is 0 Å². The summed E-state index contributed by atoms with van der Waals surface area (Å²) in [4.78, 5) is 4.71. The Morgan fingerprint density at radius 2 is 1.83 bits per heavy atom. The number of nitrogens with one attached hydrogen (secondary N) is 1. The maximum atomic E-state index is 10.4. The second-order valence-corrected chi connectivity index (χ2v) is 8.31. The van der Waals surface area contributed by atoms with Gasteiger partial charge in [0.15, 0.2) is 11.6 Å². The lowest BCUT2D eigenvalue weighted by Crippen LogP contribution is -2.49. The molecule has 4 rings (SSSR count). The highest BCUT2D eigenvalue weighted by atomic mass is 16.5. The number of fused-ring (bicyclic) bond motifs is 1. The number of hydrogen-bond acceptors (Lipinski definition) is 6. The van der Waals surface area contributed by atoms with Gasteiger partial charge < -0.3 is 24.8 Å². The molecule has 2 aliphatic rings. The molecule has 1 saturated heterocycles. The topological polar surface area (TPSA) is 57.2 Å². The number of ether oxygens (including phenoxy) is 2. The van der Waals surface area contributed by atoms with E-state index in [1.165, 1.54) is 11.3 Å². The Morgan fingerprint density at radius 3 is 2.53 bits per heavy atom. The molecule has 0 bridgehead atoms. The largest absolute Gasteiger partial charge is 0.491 e. The van der Waals surface area contributed by atoms with Crippen LogP contribution in [0.25, 0.3) is 0 Å². The molecule has 0 radical (unpaired) electrons. The normalized spacial score (nSPS) is 17.5. The number of hydrogen-bond donors (Lipinski definition) is 2. The summed E-state index contributed by atoms with van der Waals surface area (Å²) in [5.74, 6) is 2.45. The lowest BCUT2D eigenvalue weighted by molar-refractivity contribution is 0.0662. The van der Waals surface area contributed by atoms with E-state index in [4.69, 9.17) is 9.47 Å². The maximum Gasteiger partial charge on any atom is 0.190 e. The van der Waals surface area contributed by atoms with Crippen LogP contribution in [0.2, 0.25) is 0 Å². The monoisotopic (exact) mass is 409 g/mol. The zero-order valence-electron chi connectivity index (χ0n) is 17.8. The van der Waals surface area contributed by atoms with Crippen LogP contribution in [0.5, 0.6) is 11.5 Å². The standard InChI is InChI=1S/C24H31N3O3/c1-17(2)19-4-6-20(7-5-19)27-12-10-26(11-13-27)15-21(28)16-29-22-8-9-23-24(14-22)30-18(3)25-23/h4-9,14,17,21,25,28H,3,10-13,15-16H2,1-2H3/t21-/m0/s1. The first-order chi connectivity index (χ1) is 14.5. The van der Waals surface area contributed by atoms with Crippen molar-refractivity contribution < 1.29 is 14.6 Å². The number of anilines is 2. The molecule has 160 valence electrons. The van der Waals surface area contributed by atoms with Crippen molar-refractivity contribution in [2.75, 3.05) is 49.5 Å². The highest BCUT2D eigenvalue weighted by Gasteiger charge is 2.20. The van der Waals surface area contributed by atoms with Crippen molar-refractivity contribution in [2.24, 2.45) is 0 Å². The molecular formula is C24H31N3O3. The van der Waals surface area contributed by atoms with E-state index < -0.39 is 6.10 Å². The maximum absolute atomic E-state index is 10.4. The van der Waals surface area contributed by atoms with Gasteiger partial charge in [0.1, 0.15) is 18.5 Å². The number of benzene rings is 2. The first kappa shape index (κ1) is 20.6. The van der Waals surface area contributed by atoms with E-state index in [9.17, 15) is 5.11 Å². The van der Waals surface area contributed by atoms with Gasteiger partial charge in [-0.05, 0) is 42.3 Å². The Hall–Kier alpha value is -2.70. The summed E-state index contributed by atoms with van der Waals surface area (Å²) in [7, 11) is 0. The number of aliphatic hydroxyl groups excluding tert-OH is 1. The zero-order chi connectivity index (χ0) is 21.1. The molecule has 0 spiro atoms. The summed E-state index contributed by atoms with van der Waals surface area (Å²) >= 11 is 0. The van der Waals surface area contributed by atoms with Crippen LogP contribution >= 0.6 is 0 Å². The van der Waals surface area contributed by atoms with Crippen molar-refractivity contribution >= 4 is 11.4 Å². The Bertz CT molecular complexity index is 874. The van der Waals surface area contributed by atoms with Crippen molar-refractivity contribution in [3.05, 3.63) is 60.5 Å². The van der Waals surface area contributed by atoms with Crippen LogP contribution in [0.1, 0.15) is 25.3 Å². The fraction of sp³-hybridized carbons (Fsp3) is 0.417. The molecule has 2 N–H and O–H groups in total. The minimum atomic E-state index is -0.538. The van der Waals surface area contributed by atoms with Gasteiger partial charge in [0, 0.05) is 44.5 Å². The number of aliphatic hydroxyl groups is 1. The van der Waals surface area contributed by atoms with E-state index in [0.717, 1.165) is 31.9 Å². The molecule has 2 aromatic rings. The minimum Gasteiger partial charge on any atom is -0.491 e. The fourth-order valence-electron chi connectivity index (χ4n) is 3.89. The van der Waals surface area contributed by atoms with Crippen LogP contribution in [-0.2, 0) is 0 Å². The average Bonchev–Trinajstić information content (AvgIpc) is 3.12. The second kappa shape index (κ2) is 8.98. The van der Waals surface area contributed by atoms with Gasteiger partial charge in [0.25, 0.3) is 0 Å². The Kier molecular flexibility index (Phi) is 6.16. The van der Waals surface area contributed by atoms with Gasteiger partial charge in [-0.25, -0.2) is 0 Å². The summed E-state index contributed by atoms with van der Waals surface area (Å²) in [6.45, 7) is 12.8. The quantitative estimate of drug-likeness (QED) is 0.728. The van der Waals surface area contributed by atoms with Gasteiger partial charge in [-0.3, -0.25) is 4.90 Å². The van der Waals surface area contributed by atoms with Crippen LogP contribution in [-0.4, -0.2) is 55.4 Å². The summed E-state index contributed by atoms with van der Waals surface area (Å²) in [5, 5.41) is 13.5. The predicted molar refractivity (Wildman–Crippen MR) is 121 cm³/mol. The van der Waals surface area contributed by atoms with Crippen molar-refractivity contribution in [2.45, 2.75) is 25.9 Å². The van der Waals surface area contributed by atoms with Gasteiger partial charge in [0.05, 0.1) is 5.69 Å². The molecular weight excluding hydrogens is 378 g/mol. The number of rotatable bonds is 7. The van der Waals surface area contributed by atoms with Gasteiger partial charge in [-0.1, -0.05) is 26.0 Å². The molecule has 0 aromatic heterocycles. The summed E-state index contributed by atoms with van der Waals surface area (Å²) in [5.41, 5.74) is 3.53. The predicted octanol–water partition coefficient (Wildman–Crippen LogP) is 3.65. The van der Waals surface area contributed by atoms with Crippen LogP contribution < -0.4 is 19.7 Å². The van der Waals surface area contributed by atoms with Gasteiger partial charge >= 0.3 is 0 Å². The van der Waals surface area contributed by atoms with Crippen molar-refractivity contribution in [1.29, 1.82) is 0 Å². The van der Waals surface area contributed by atoms with E-state index in [1.807, 2.05) is 18.2 Å². The third-order valence-corrected chi connectivity index (χ3v) is 5.67. The molecule has 0 saturated carbocycles. The van der Waals surface area contributed by atoms with Gasteiger partial charge in [-0.15, -0.1) is 0 Å². The molecule has 2 aliphatic heterocycles. The first-order valence-electron chi connectivity index (χ1n) is 10.6. The van der Waals surface area contributed by atoms with E-state index in [-0.39, 0.29) is 6.61 Å². The highest BCUT2D eigenvalue weighted by Crippen LogP contribution is 2.35.